The molecule has 0 aliphatic heterocycles. The molecule has 8 heteroatoms. The van der Waals surface area contributed by atoms with Crippen LogP contribution in [0, 0.1) is 10.5 Å². The largest absolute Gasteiger partial charge is 0.573 e. The number of carboxylic acids is 1. The van der Waals surface area contributed by atoms with Crippen LogP contribution in [0.15, 0.2) is 6.20 Å². The number of alkyl halides is 3. The Morgan fingerprint density at radius 1 is 1.59 bits per heavy atom. The summed E-state index contributed by atoms with van der Waals surface area (Å²) in [6, 6.07) is 0. The van der Waals surface area contributed by atoms with Crippen molar-refractivity contribution in [3.05, 3.63) is 21.0 Å². The lowest BCUT2D eigenvalue weighted by Crippen LogP contribution is -2.20. The molecule has 0 aliphatic carbocycles. The molecule has 1 N–H and O–H groups in total. The first-order valence-electron chi connectivity index (χ1n) is 4.32. The zero-order valence-electron chi connectivity index (χ0n) is 8.51. The molecule has 1 aromatic heterocycles. The lowest BCUT2D eigenvalue weighted by atomic mass is 10.1. The van der Waals surface area contributed by atoms with Gasteiger partial charge in [-0.3, -0.25) is 9.78 Å². The monoisotopic (exact) mass is 361 g/mol. The maximum absolute atomic E-state index is 12.2. The fraction of sp³-hybridized carbons (Fsp3) is 0.333. The number of aromatic nitrogens is 1. The smallest absolute Gasteiger partial charge is 0.481 e. The summed E-state index contributed by atoms with van der Waals surface area (Å²) >= 11 is 1.71. The van der Waals surface area contributed by atoms with Crippen LogP contribution in [-0.2, 0) is 11.2 Å². The van der Waals surface area contributed by atoms with Gasteiger partial charge in [0.1, 0.15) is 0 Å². The van der Waals surface area contributed by atoms with Gasteiger partial charge in [-0.2, -0.15) is 0 Å². The second kappa shape index (κ2) is 5.07. The Morgan fingerprint density at radius 2 is 2.18 bits per heavy atom. The zero-order valence-corrected chi connectivity index (χ0v) is 10.7. The van der Waals surface area contributed by atoms with E-state index in [1.165, 1.54) is 13.1 Å². The molecule has 0 amide bonds. The van der Waals surface area contributed by atoms with Crippen LogP contribution in [-0.4, -0.2) is 22.4 Å². The number of hydrogen-bond acceptors (Lipinski definition) is 3. The molecular weight excluding hydrogens is 354 g/mol. The predicted molar refractivity (Wildman–Crippen MR) is 59.7 cm³/mol. The Labute approximate surface area is 108 Å². The highest BCUT2D eigenvalue weighted by atomic mass is 127. The van der Waals surface area contributed by atoms with E-state index >= 15 is 0 Å². The van der Waals surface area contributed by atoms with E-state index in [0.717, 1.165) is 0 Å². The first kappa shape index (κ1) is 14.0. The molecule has 17 heavy (non-hydrogen) atoms. The van der Waals surface area contributed by atoms with Gasteiger partial charge in [0.05, 0.1) is 12.1 Å². The molecule has 0 spiro atoms. The number of pyridine rings is 1. The van der Waals surface area contributed by atoms with Crippen molar-refractivity contribution in [3.8, 4) is 5.75 Å². The number of aliphatic carboxylic acids is 1. The fourth-order valence-electron chi connectivity index (χ4n) is 1.18. The van der Waals surface area contributed by atoms with E-state index in [-0.39, 0.29) is 11.3 Å². The van der Waals surface area contributed by atoms with E-state index in [0.29, 0.717) is 3.57 Å². The molecule has 1 aromatic rings. The number of nitrogens with zero attached hydrogens (tertiary/aromatic N) is 1. The van der Waals surface area contributed by atoms with Crippen molar-refractivity contribution >= 4 is 28.6 Å². The summed E-state index contributed by atoms with van der Waals surface area (Å²) in [4.78, 5) is 14.3. The van der Waals surface area contributed by atoms with Gasteiger partial charge in [-0.25, -0.2) is 0 Å². The fourth-order valence-corrected chi connectivity index (χ4v) is 1.76. The third-order valence-electron chi connectivity index (χ3n) is 1.81. The summed E-state index contributed by atoms with van der Waals surface area (Å²) in [5, 5.41) is 8.64. The first-order valence-corrected chi connectivity index (χ1v) is 5.40. The normalized spacial score (nSPS) is 11.4. The summed E-state index contributed by atoms with van der Waals surface area (Å²) in [6.07, 6.45) is -4.12. The molecule has 0 bridgehead atoms. The Bertz CT molecular complexity index is 448. The maximum atomic E-state index is 12.2. The third-order valence-corrected chi connectivity index (χ3v) is 2.74. The van der Waals surface area contributed by atoms with Gasteiger partial charge in [0.25, 0.3) is 0 Å². The van der Waals surface area contributed by atoms with Crippen molar-refractivity contribution < 1.29 is 27.8 Å². The highest BCUT2D eigenvalue weighted by Gasteiger charge is 2.33. The van der Waals surface area contributed by atoms with Crippen LogP contribution in [0.3, 0.4) is 0 Å². The van der Waals surface area contributed by atoms with Crippen LogP contribution in [0.4, 0.5) is 13.2 Å². The van der Waals surface area contributed by atoms with Crippen molar-refractivity contribution in [2.75, 3.05) is 0 Å². The van der Waals surface area contributed by atoms with Crippen molar-refractivity contribution in [1.29, 1.82) is 0 Å². The van der Waals surface area contributed by atoms with Crippen molar-refractivity contribution in [3.63, 3.8) is 0 Å². The van der Waals surface area contributed by atoms with Crippen molar-refractivity contribution in [2.24, 2.45) is 0 Å². The summed E-state index contributed by atoms with van der Waals surface area (Å²) in [7, 11) is 0. The van der Waals surface area contributed by atoms with Crippen LogP contribution < -0.4 is 4.74 Å². The Hall–Kier alpha value is -1.06. The standard InChI is InChI=1S/C9H7F3INO3/c1-4-8(17-9(10,11)12)5(2-7(15)16)6(13)3-14-4/h3H,2H2,1H3,(H,15,16). The third kappa shape index (κ3) is 4.02. The highest BCUT2D eigenvalue weighted by molar-refractivity contribution is 14.1. The van der Waals surface area contributed by atoms with Gasteiger partial charge < -0.3 is 9.84 Å². The van der Waals surface area contributed by atoms with Crippen LogP contribution in [0.2, 0.25) is 0 Å². The highest BCUT2D eigenvalue weighted by Crippen LogP contribution is 2.31. The maximum Gasteiger partial charge on any atom is 0.573 e. The van der Waals surface area contributed by atoms with Gasteiger partial charge >= 0.3 is 12.3 Å². The molecule has 0 saturated carbocycles. The zero-order chi connectivity index (χ0) is 13.2. The molecule has 0 aliphatic rings. The van der Waals surface area contributed by atoms with Crippen molar-refractivity contribution in [1.82, 2.24) is 4.98 Å². The van der Waals surface area contributed by atoms with Gasteiger partial charge in [0.2, 0.25) is 0 Å². The minimum absolute atomic E-state index is 0.000934. The molecule has 0 atom stereocenters. The van der Waals surface area contributed by atoms with E-state index in [2.05, 4.69) is 9.72 Å². The second-order valence-electron chi connectivity index (χ2n) is 3.12. The Kier molecular flexibility index (Phi) is 4.17. The number of carbonyl (C=O) groups is 1. The molecule has 0 aromatic carbocycles. The number of carboxylic acid groups (broad SMARTS) is 1. The first-order chi connectivity index (χ1) is 7.70. The van der Waals surface area contributed by atoms with Gasteiger partial charge in [-0.15, -0.1) is 13.2 Å². The van der Waals surface area contributed by atoms with Gasteiger partial charge in [0, 0.05) is 15.3 Å². The van der Waals surface area contributed by atoms with Crippen LogP contribution in [0.1, 0.15) is 11.3 Å². The molecule has 1 rings (SSSR count). The second-order valence-corrected chi connectivity index (χ2v) is 4.28. The number of aryl methyl sites for hydroxylation is 1. The average molecular weight is 361 g/mol. The van der Waals surface area contributed by atoms with E-state index in [1.54, 1.807) is 22.6 Å². The minimum atomic E-state index is -4.87. The predicted octanol–water partition coefficient (Wildman–Crippen LogP) is 2.52. The molecule has 1 heterocycles. The summed E-state index contributed by atoms with van der Waals surface area (Å²) < 4.78 is 40.6. The Morgan fingerprint density at radius 3 is 2.65 bits per heavy atom. The summed E-state index contributed by atoms with van der Waals surface area (Å²) in [5.74, 6) is -1.77. The summed E-state index contributed by atoms with van der Waals surface area (Å²) in [6.45, 7) is 1.32. The molecule has 0 fully saturated rings. The van der Waals surface area contributed by atoms with Crippen LogP contribution in [0.5, 0.6) is 5.75 Å². The number of ether oxygens (including phenoxy) is 1. The molecule has 94 valence electrons. The quantitative estimate of drug-likeness (QED) is 0.841. The van der Waals surface area contributed by atoms with Crippen LogP contribution in [0.25, 0.3) is 0 Å². The minimum Gasteiger partial charge on any atom is -0.481 e. The van der Waals surface area contributed by atoms with E-state index in [9.17, 15) is 18.0 Å². The summed E-state index contributed by atoms with van der Waals surface area (Å²) in [5.41, 5.74) is -0.0260. The van der Waals surface area contributed by atoms with E-state index in [1.807, 2.05) is 0 Å². The molecular formula is C9H7F3INO3. The van der Waals surface area contributed by atoms with E-state index in [4.69, 9.17) is 5.11 Å². The van der Waals surface area contributed by atoms with E-state index < -0.39 is 24.5 Å². The van der Waals surface area contributed by atoms with Crippen LogP contribution >= 0.6 is 22.6 Å². The molecule has 0 saturated heterocycles. The molecule has 0 radical (unpaired) electrons. The number of hydrogen-bond donors (Lipinski definition) is 1. The van der Waals surface area contributed by atoms with Gasteiger partial charge in [-0.05, 0) is 29.5 Å². The Balaban J connectivity index is 3.24. The number of rotatable bonds is 3. The number of halogens is 4. The molecule has 4 nitrogen and oxygen atoms in total. The topological polar surface area (TPSA) is 59.4 Å². The van der Waals surface area contributed by atoms with Crippen molar-refractivity contribution in [2.45, 2.75) is 19.7 Å². The molecule has 0 unspecified atom stereocenters. The average Bonchev–Trinajstić information content (AvgIpc) is 2.15. The lowest BCUT2D eigenvalue weighted by Gasteiger charge is -2.15. The lowest BCUT2D eigenvalue weighted by molar-refractivity contribution is -0.275. The van der Waals surface area contributed by atoms with Gasteiger partial charge in [-0.1, -0.05) is 0 Å². The SMILES string of the molecule is Cc1ncc(I)c(CC(=O)O)c1OC(F)(F)F. The van der Waals surface area contributed by atoms with Gasteiger partial charge in [0.15, 0.2) is 5.75 Å².